The highest BCUT2D eigenvalue weighted by Gasteiger charge is 2.25. The van der Waals surface area contributed by atoms with Gasteiger partial charge >= 0.3 is 0 Å². The molecule has 0 aromatic heterocycles. The molecule has 1 aliphatic rings. The topological polar surface area (TPSA) is 58.4 Å². The number of nitrogens with one attached hydrogen (secondary N) is 1. The molecule has 2 aromatic rings. The van der Waals surface area contributed by atoms with Gasteiger partial charge in [-0.15, -0.1) is 0 Å². The summed E-state index contributed by atoms with van der Waals surface area (Å²) < 4.78 is 3.30. The lowest BCUT2D eigenvalue weighted by Crippen LogP contribution is -2.46. The molecule has 1 aliphatic heterocycles. The van der Waals surface area contributed by atoms with Crippen molar-refractivity contribution in [3.05, 3.63) is 53.6 Å². The van der Waals surface area contributed by atoms with Gasteiger partial charge in [0.15, 0.2) is 0 Å². The first kappa shape index (κ1) is 21.2. The van der Waals surface area contributed by atoms with E-state index in [2.05, 4.69) is 16.9 Å². The van der Waals surface area contributed by atoms with E-state index in [-0.39, 0.29) is 11.9 Å². The number of carbonyl (C=O) groups excluding carboxylic acids is 1. The molecule has 1 amide bonds. The minimum atomic E-state index is -0.227. The summed E-state index contributed by atoms with van der Waals surface area (Å²) in [7, 11) is 0. The first-order valence-electron chi connectivity index (χ1n) is 9.84. The maximum absolute atomic E-state index is 12.7. The first-order valence-corrected chi connectivity index (χ1v) is 11.0. The van der Waals surface area contributed by atoms with Gasteiger partial charge in [0.1, 0.15) is 0 Å². The fourth-order valence-electron chi connectivity index (χ4n) is 3.54. The first-order chi connectivity index (χ1) is 13.6. The smallest absolute Gasteiger partial charge is 0.240 e. The van der Waals surface area contributed by atoms with Crippen LogP contribution in [0.1, 0.15) is 26.2 Å². The van der Waals surface area contributed by atoms with Gasteiger partial charge in [-0.05, 0) is 86.0 Å². The van der Waals surface area contributed by atoms with Gasteiger partial charge in [0.05, 0.1) is 6.04 Å². The lowest BCUT2D eigenvalue weighted by Gasteiger charge is -2.33. The molecular formula is C22H28ClN3OS. The van der Waals surface area contributed by atoms with Gasteiger partial charge in [-0.3, -0.25) is 4.79 Å². The molecule has 28 heavy (non-hydrogen) atoms. The second kappa shape index (κ2) is 10.3. The van der Waals surface area contributed by atoms with E-state index in [4.69, 9.17) is 17.3 Å². The van der Waals surface area contributed by atoms with Crippen molar-refractivity contribution in [2.24, 2.45) is 11.7 Å². The van der Waals surface area contributed by atoms with Crippen LogP contribution in [0.3, 0.4) is 0 Å². The second-order valence-corrected chi connectivity index (χ2v) is 8.67. The van der Waals surface area contributed by atoms with E-state index in [0.717, 1.165) is 59.9 Å². The molecule has 1 fully saturated rings. The van der Waals surface area contributed by atoms with Gasteiger partial charge in [0, 0.05) is 23.0 Å². The van der Waals surface area contributed by atoms with Crippen LogP contribution in [0.15, 0.2) is 53.4 Å². The maximum Gasteiger partial charge on any atom is 0.240 e. The summed E-state index contributed by atoms with van der Waals surface area (Å²) >= 11 is 7.48. The maximum atomic E-state index is 12.7. The molecule has 1 saturated heterocycles. The Morgan fingerprint density at radius 2 is 1.93 bits per heavy atom. The Balaban J connectivity index is 1.53. The molecule has 0 radical (unpaired) electrons. The number of hydrogen-bond acceptors (Lipinski definition) is 4. The quantitative estimate of drug-likeness (QED) is 0.647. The monoisotopic (exact) mass is 417 g/mol. The largest absolute Gasteiger partial charge is 0.341 e. The Morgan fingerprint density at radius 1 is 1.21 bits per heavy atom. The molecular weight excluding hydrogens is 390 g/mol. The van der Waals surface area contributed by atoms with Crippen LogP contribution in [0.5, 0.6) is 0 Å². The van der Waals surface area contributed by atoms with Crippen molar-refractivity contribution in [1.82, 2.24) is 9.62 Å². The molecule has 2 aromatic carbocycles. The van der Waals surface area contributed by atoms with Crippen molar-refractivity contribution >= 4 is 29.5 Å². The van der Waals surface area contributed by atoms with Crippen molar-refractivity contribution in [3.63, 3.8) is 0 Å². The lowest BCUT2D eigenvalue weighted by atomic mass is 9.93. The molecule has 3 rings (SSSR count). The van der Waals surface area contributed by atoms with Crippen LogP contribution in [-0.2, 0) is 4.79 Å². The third-order valence-corrected chi connectivity index (χ3v) is 6.45. The number of nitrogens with zero attached hydrogens (tertiary/aromatic N) is 1. The minimum absolute atomic E-state index is 0.174. The van der Waals surface area contributed by atoms with E-state index < -0.39 is 0 Å². The number of hydrogen-bond donors (Lipinski definition) is 2. The minimum Gasteiger partial charge on any atom is -0.341 e. The van der Waals surface area contributed by atoms with Crippen molar-refractivity contribution in [1.29, 1.82) is 0 Å². The number of benzene rings is 2. The molecule has 0 saturated carbocycles. The summed E-state index contributed by atoms with van der Waals surface area (Å²) in [6, 6.07) is 15.9. The summed E-state index contributed by atoms with van der Waals surface area (Å²) in [5, 5.41) is 0.732. The molecule has 3 N–H and O–H groups in total. The highest BCUT2D eigenvalue weighted by Crippen LogP contribution is 2.26. The van der Waals surface area contributed by atoms with Crippen LogP contribution in [0.4, 0.5) is 0 Å². The Bertz CT molecular complexity index is 776. The molecule has 4 nitrogen and oxygen atoms in total. The average Bonchev–Trinajstić information content (AvgIpc) is 2.73. The standard InChI is InChI=1S/C22H28ClN3OS/c1-16(22(27)26-13-10-17(9-12-24)11-14-26)25-28-21-4-2-3-19(15-21)18-5-7-20(23)8-6-18/h2-8,15-17,25H,9-14,24H2,1H3. The van der Waals surface area contributed by atoms with Gasteiger partial charge in [-0.2, -0.15) is 0 Å². The van der Waals surface area contributed by atoms with Crippen molar-refractivity contribution < 1.29 is 4.79 Å². The number of piperidine rings is 1. The molecule has 0 spiro atoms. The van der Waals surface area contributed by atoms with E-state index in [1.165, 1.54) is 11.9 Å². The zero-order valence-electron chi connectivity index (χ0n) is 16.2. The third kappa shape index (κ3) is 5.74. The third-order valence-electron chi connectivity index (χ3n) is 5.24. The van der Waals surface area contributed by atoms with Crippen LogP contribution >= 0.6 is 23.5 Å². The fourth-order valence-corrected chi connectivity index (χ4v) is 4.41. The number of nitrogens with two attached hydrogens (primary N) is 1. The molecule has 1 unspecified atom stereocenters. The van der Waals surface area contributed by atoms with E-state index in [1.807, 2.05) is 48.2 Å². The van der Waals surface area contributed by atoms with E-state index in [0.29, 0.717) is 5.92 Å². The molecule has 150 valence electrons. The van der Waals surface area contributed by atoms with Crippen molar-refractivity contribution in [2.45, 2.75) is 37.1 Å². The summed E-state index contributed by atoms with van der Waals surface area (Å²) in [5.74, 6) is 0.842. The molecule has 1 atom stereocenters. The lowest BCUT2D eigenvalue weighted by molar-refractivity contribution is -0.133. The second-order valence-electron chi connectivity index (χ2n) is 7.32. The zero-order valence-corrected chi connectivity index (χ0v) is 17.8. The molecule has 0 bridgehead atoms. The molecule has 1 heterocycles. The van der Waals surface area contributed by atoms with E-state index in [1.54, 1.807) is 0 Å². The Hall–Kier alpha value is -1.53. The van der Waals surface area contributed by atoms with Gasteiger partial charge in [-0.1, -0.05) is 35.9 Å². The molecule has 0 aliphatic carbocycles. The van der Waals surface area contributed by atoms with Crippen molar-refractivity contribution in [3.8, 4) is 11.1 Å². The van der Waals surface area contributed by atoms with E-state index >= 15 is 0 Å². The van der Waals surface area contributed by atoms with Gasteiger partial charge < -0.3 is 10.6 Å². The molecule has 6 heteroatoms. The van der Waals surface area contributed by atoms with Crippen molar-refractivity contribution in [2.75, 3.05) is 19.6 Å². The van der Waals surface area contributed by atoms with Gasteiger partial charge in [0.25, 0.3) is 0 Å². The van der Waals surface area contributed by atoms with Crippen LogP contribution in [-0.4, -0.2) is 36.5 Å². The summed E-state index contributed by atoms with van der Waals surface area (Å²) in [6.45, 7) is 4.35. The number of amides is 1. The Labute approximate surface area is 177 Å². The fraction of sp³-hybridized carbons (Fsp3) is 0.409. The SMILES string of the molecule is CC(NSc1cccc(-c2ccc(Cl)cc2)c1)C(=O)N1CCC(CCN)CC1. The highest BCUT2D eigenvalue weighted by molar-refractivity contribution is 7.97. The van der Waals surface area contributed by atoms with Gasteiger partial charge in [0.2, 0.25) is 5.91 Å². The summed E-state index contributed by atoms with van der Waals surface area (Å²) in [4.78, 5) is 15.8. The van der Waals surface area contributed by atoms with E-state index in [9.17, 15) is 4.79 Å². The number of rotatable bonds is 7. The average molecular weight is 418 g/mol. The number of carbonyl (C=O) groups is 1. The summed E-state index contributed by atoms with van der Waals surface area (Å²) in [6.07, 6.45) is 3.19. The van der Waals surface area contributed by atoms with Crippen LogP contribution in [0.25, 0.3) is 11.1 Å². The van der Waals surface area contributed by atoms with Crippen LogP contribution in [0, 0.1) is 5.92 Å². The Kier molecular flexibility index (Phi) is 7.80. The predicted molar refractivity (Wildman–Crippen MR) is 118 cm³/mol. The van der Waals surface area contributed by atoms with Gasteiger partial charge in [-0.25, -0.2) is 4.72 Å². The highest BCUT2D eigenvalue weighted by atomic mass is 35.5. The predicted octanol–water partition coefficient (Wildman–Crippen LogP) is 4.58. The number of likely N-dealkylation sites (tertiary alicyclic amines) is 1. The normalized spacial score (nSPS) is 16.2. The van der Waals surface area contributed by atoms with Crippen LogP contribution in [0.2, 0.25) is 5.02 Å². The summed E-state index contributed by atoms with van der Waals surface area (Å²) in [5.41, 5.74) is 7.90. The number of halogens is 1. The zero-order chi connectivity index (χ0) is 19.9. The van der Waals surface area contributed by atoms with Crippen LogP contribution < -0.4 is 10.5 Å². The Morgan fingerprint density at radius 3 is 2.61 bits per heavy atom.